The van der Waals surface area contributed by atoms with Crippen molar-refractivity contribution in [1.82, 2.24) is 24.7 Å². The summed E-state index contributed by atoms with van der Waals surface area (Å²) in [5.41, 5.74) is -0.294. The zero-order chi connectivity index (χ0) is 28.3. The van der Waals surface area contributed by atoms with Gasteiger partial charge in [-0.05, 0) is 55.0 Å². The molecule has 1 aromatic carbocycles. The molecule has 0 bridgehead atoms. The lowest BCUT2D eigenvalue weighted by molar-refractivity contribution is -0.141. The fourth-order valence-corrected chi connectivity index (χ4v) is 4.54. The second-order valence-corrected chi connectivity index (χ2v) is 9.32. The van der Waals surface area contributed by atoms with Crippen molar-refractivity contribution >= 4 is 17.6 Å². The molecule has 40 heavy (non-hydrogen) atoms. The van der Waals surface area contributed by atoms with Crippen LogP contribution in [0.4, 0.5) is 18.9 Å². The van der Waals surface area contributed by atoms with Crippen LogP contribution in [0.2, 0.25) is 0 Å². The first-order valence-corrected chi connectivity index (χ1v) is 12.4. The Kier molecular flexibility index (Phi) is 7.45. The summed E-state index contributed by atoms with van der Waals surface area (Å²) in [4.78, 5) is 36.1. The Morgan fingerprint density at radius 2 is 1.77 bits per heavy atom. The molecule has 2 N–H and O–H groups in total. The van der Waals surface area contributed by atoms with Crippen LogP contribution in [0, 0.1) is 5.92 Å². The molecule has 10 nitrogen and oxygen atoms in total. The second-order valence-electron chi connectivity index (χ2n) is 9.32. The lowest BCUT2D eigenvalue weighted by Crippen LogP contribution is -2.17. The van der Waals surface area contributed by atoms with Crippen LogP contribution < -0.4 is 10.1 Å². The molecule has 0 unspecified atom stereocenters. The van der Waals surface area contributed by atoms with E-state index in [9.17, 15) is 22.8 Å². The van der Waals surface area contributed by atoms with Crippen molar-refractivity contribution in [3.05, 3.63) is 78.5 Å². The Balaban J connectivity index is 1.24. The minimum absolute atomic E-state index is 0.0814. The molecular formula is C27H23F3N6O4. The fourth-order valence-electron chi connectivity index (χ4n) is 4.54. The van der Waals surface area contributed by atoms with Gasteiger partial charge in [-0.2, -0.15) is 18.3 Å². The number of carbonyl (C=O) groups excluding carboxylic acids is 1. The number of aromatic nitrogens is 5. The molecule has 3 heterocycles. The van der Waals surface area contributed by atoms with Crippen molar-refractivity contribution in [1.29, 1.82) is 0 Å². The quantitative estimate of drug-likeness (QED) is 0.312. The first-order chi connectivity index (χ1) is 19.2. The number of carboxylic acids is 1. The molecule has 1 fully saturated rings. The van der Waals surface area contributed by atoms with E-state index in [0.29, 0.717) is 17.5 Å². The average Bonchev–Trinajstić information content (AvgIpc) is 3.57. The number of aliphatic carboxylic acids is 1. The van der Waals surface area contributed by atoms with Gasteiger partial charge in [-0.25, -0.2) is 19.6 Å². The van der Waals surface area contributed by atoms with Crippen molar-refractivity contribution in [2.75, 3.05) is 5.32 Å². The number of hydrogen-bond acceptors (Lipinski definition) is 7. The molecule has 13 heteroatoms. The first kappa shape index (κ1) is 26.8. The molecule has 0 radical (unpaired) electrons. The van der Waals surface area contributed by atoms with E-state index in [0.717, 1.165) is 23.7 Å². The number of nitrogens with zero attached hydrogens (tertiary/aromatic N) is 5. The van der Waals surface area contributed by atoms with Crippen molar-refractivity contribution in [2.45, 2.75) is 38.0 Å². The van der Waals surface area contributed by atoms with Gasteiger partial charge in [0.1, 0.15) is 6.10 Å². The summed E-state index contributed by atoms with van der Waals surface area (Å²) in [5.74, 6) is -1.57. The summed E-state index contributed by atoms with van der Waals surface area (Å²) in [6.45, 7) is 0. The normalized spacial score (nSPS) is 17.0. The third-order valence-corrected chi connectivity index (χ3v) is 6.44. The number of carboxylic acid groups (broad SMARTS) is 1. The second kappa shape index (κ2) is 11.1. The zero-order valence-corrected chi connectivity index (χ0v) is 20.9. The minimum Gasteiger partial charge on any atom is -0.481 e. The summed E-state index contributed by atoms with van der Waals surface area (Å²) in [6.07, 6.45) is 2.85. The van der Waals surface area contributed by atoms with Crippen molar-refractivity contribution < 1.29 is 32.6 Å². The zero-order valence-electron chi connectivity index (χ0n) is 20.9. The third kappa shape index (κ3) is 6.25. The van der Waals surface area contributed by atoms with Gasteiger partial charge in [-0.1, -0.05) is 18.2 Å². The summed E-state index contributed by atoms with van der Waals surface area (Å²) in [6, 6.07) is 11.3. The number of halogens is 3. The van der Waals surface area contributed by atoms with Gasteiger partial charge in [0.05, 0.1) is 5.56 Å². The number of amides is 1. The van der Waals surface area contributed by atoms with Gasteiger partial charge in [0, 0.05) is 42.5 Å². The molecule has 1 saturated carbocycles. The Labute approximate surface area is 225 Å². The molecule has 4 aromatic rings. The predicted molar refractivity (Wildman–Crippen MR) is 136 cm³/mol. The van der Waals surface area contributed by atoms with E-state index >= 15 is 0 Å². The summed E-state index contributed by atoms with van der Waals surface area (Å²) in [7, 11) is 0. The standard InChI is InChI=1S/C27H23F3N6O4/c28-27(29,30)24-21(15-36(35-24)22-3-1-2-10-31-22)25(39)34-19-7-5-17(6-8-19)18-13-32-26(33-14-18)40-20-9-4-16(11-20)12-23(37)38/h1-3,5-8,10,13-16,20H,4,9,11-12H2,(H,34,39)(H,37,38)/t16-,20-/m0/s1. The van der Waals surface area contributed by atoms with E-state index in [-0.39, 0.29) is 36.0 Å². The number of nitrogens with one attached hydrogen (secondary N) is 1. The van der Waals surface area contributed by atoms with Gasteiger partial charge in [0.25, 0.3) is 5.91 Å². The molecule has 2 atom stereocenters. The minimum atomic E-state index is -4.84. The molecule has 1 amide bonds. The van der Waals surface area contributed by atoms with Crippen LogP contribution in [0.3, 0.4) is 0 Å². The average molecular weight is 553 g/mol. The molecule has 0 spiro atoms. The number of anilines is 1. The van der Waals surface area contributed by atoms with Crippen LogP contribution in [0.5, 0.6) is 6.01 Å². The highest BCUT2D eigenvalue weighted by atomic mass is 19.4. The maximum atomic E-state index is 13.6. The SMILES string of the molecule is O=C(O)C[C@H]1CC[C@H](Oc2ncc(-c3ccc(NC(=O)c4cn(-c5ccccn5)nc4C(F)(F)F)cc3)cn2)C1. The summed E-state index contributed by atoms with van der Waals surface area (Å²) < 4.78 is 47.5. The maximum Gasteiger partial charge on any atom is 0.435 e. The Hall–Kier alpha value is -4.81. The molecule has 5 rings (SSSR count). The molecule has 0 aliphatic heterocycles. The molecule has 206 valence electrons. The highest BCUT2D eigenvalue weighted by molar-refractivity contribution is 6.05. The van der Waals surface area contributed by atoms with Crippen molar-refractivity contribution in [3.63, 3.8) is 0 Å². The van der Waals surface area contributed by atoms with Gasteiger partial charge in [-0.3, -0.25) is 9.59 Å². The predicted octanol–water partition coefficient (Wildman–Crippen LogP) is 5.02. The number of carbonyl (C=O) groups is 2. The number of rotatable bonds is 8. The van der Waals surface area contributed by atoms with Crippen LogP contribution >= 0.6 is 0 Å². The molecular weight excluding hydrogens is 529 g/mol. The fraction of sp³-hybridized carbons (Fsp3) is 0.259. The van der Waals surface area contributed by atoms with E-state index in [1.807, 2.05) is 0 Å². The topological polar surface area (TPSA) is 132 Å². The van der Waals surface area contributed by atoms with Gasteiger partial charge in [0.15, 0.2) is 11.5 Å². The van der Waals surface area contributed by atoms with E-state index in [1.165, 1.54) is 12.3 Å². The van der Waals surface area contributed by atoms with E-state index in [2.05, 4.69) is 25.4 Å². The Bertz CT molecular complexity index is 1490. The number of hydrogen-bond donors (Lipinski definition) is 2. The van der Waals surface area contributed by atoms with Crippen molar-refractivity contribution in [2.24, 2.45) is 5.92 Å². The number of alkyl halides is 3. The largest absolute Gasteiger partial charge is 0.481 e. The maximum absolute atomic E-state index is 13.6. The van der Waals surface area contributed by atoms with Crippen LogP contribution in [0.1, 0.15) is 41.7 Å². The lowest BCUT2D eigenvalue weighted by Gasteiger charge is -2.12. The lowest BCUT2D eigenvalue weighted by atomic mass is 10.0. The molecule has 1 aliphatic rings. The third-order valence-electron chi connectivity index (χ3n) is 6.44. The van der Waals surface area contributed by atoms with Gasteiger partial charge < -0.3 is 15.2 Å². The van der Waals surface area contributed by atoms with Crippen LogP contribution in [-0.4, -0.2) is 47.8 Å². The molecule has 0 saturated heterocycles. The molecule has 3 aromatic heterocycles. The van der Waals surface area contributed by atoms with Gasteiger partial charge in [-0.15, -0.1) is 0 Å². The first-order valence-electron chi connectivity index (χ1n) is 12.4. The summed E-state index contributed by atoms with van der Waals surface area (Å²) >= 11 is 0. The Morgan fingerprint density at radius 1 is 1.02 bits per heavy atom. The number of pyridine rings is 1. The Morgan fingerprint density at radius 3 is 2.42 bits per heavy atom. The number of benzene rings is 1. The van der Waals surface area contributed by atoms with E-state index in [1.54, 1.807) is 48.8 Å². The molecule has 1 aliphatic carbocycles. The van der Waals surface area contributed by atoms with Crippen LogP contribution in [-0.2, 0) is 11.0 Å². The van der Waals surface area contributed by atoms with Crippen LogP contribution in [0.25, 0.3) is 16.9 Å². The van der Waals surface area contributed by atoms with E-state index < -0.39 is 29.3 Å². The van der Waals surface area contributed by atoms with Gasteiger partial charge in [0.2, 0.25) is 0 Å². The van der Waals surface area contributed by atoms with Crippen LogP contribution in [0.15, 0.2) is 67.3 Å². The summed E-state index contributed by atoms with van der Waals surface area (Å²) in [5, 5.41) is 15.0. The monoisotopic (exact) mass is 552 g/mol. The highest BCUT2D eigenvalue weighted by Crippen LogP contribution is 2.33. The van der Waals surface area contributed by atoms with Gasteiger partial charge >= 0.3 is 18.2 Å². The smallest absolute Gasteiger partial charge is 0.435 e. The number of ether oxygens (including phenoxy) is 1. The van der Waals surface area contributed by atoms with Crippen molar-refractivity contribution in [3.8, 4) is 23.0 Å². The highest BCUT2D eigenvalue weighted by Gasteiger charge is 2.39. The van der Waals surface area contributed by atoms with E-state index in [4.69, 9.17) is 9.84 Å².